The predicted octanol–water partition coefficient (Wildman–Crippen LogP) is 1.52. The molecule has 1 atom stereocenters. The summed E-state index contributed by atoms with van der Waals surface area (Å²) in [5.41, 5.74) is -2.46. The van der Waals surface area contributed by atoms with Gasteiger partial charge in [-0.05, 0) is 39.9 Å². The van der Waals surface area contributed by atoms with Gasteiger partial charge in [0.1, 0.15) is 0 Å². The monoisotopic (exact) mass is 307 g/mol. The summed E-state index contributed by atoms with van der Waals surface area (Å²) >= 11 is 0. The molecule has 1 amide bonds. The van der Waals surface area contributed by atoms with Gasteiger partial charge in [-0.2, -0.15) is 13.2 Å². The Morgan fingerprint density at radius 1 is 1.24 bits per heavy atom. The molecule has 2 aliphatic rings. The lowest BCUT2D eigenvalue weighted by Crippen LogP contribution is -2.57. The first-order valence-corrected chi connectivity index (χ1v) is 7.47. The molecular formula is C14H24F3N3O. The van der Waals surface area contributed by atoms with E-state index < -0.39 is 17.5 Å². The molecule has 0 aromatic heterocycles. The molecule has 0 spiro atoms. The molecule has 1 saturated heterocycles. The van der Waals surface area contributed by atoms with E-state index in [0.717, 1.165) is 25.7 Å². The normalized spacial score (nSPS) is 29.0. The number of alkyl halides is 3. The standard InChI is InChI=1S/C14H24F3N3O/c1-20(2)12(5-3-4-6-12)9-19-11(21)13(14(15,16)17)7-8-18-10-13/h18H,3-10H2,1-2H3,(H,19,21). The van der Waals surface area contributed by atoms with E-state index in [9.17, 15) is 18.0 Å². The van der Waals surface area contributed by atoms with Crippen LogP contribution in [0.3, 0.4) is 0 Å². The van der Waals surface area contributed by atoms with Crippen LogP contribution in [0, 0.1) is 5.41 Å². The van der Waals surface area contributed by atoms with Crippen molar-refractivity contribution >= 4 is 5.91 Å². The fourth-order valence-electron chi connectivity index (χ4n) is 3.49. The minimum absolute atomic E-state index is 0.183. The van der Waals surface area contributed by atoms with Crippen LogP contribution in [0.1, 0.15) is 32.1 Å². The minimum Gasteiger partial charge on any atom is -0.353 e. The van der Waals surface area contributed by atoms with E-state index in [4.69, 9.17) is 0 Å². The molecule has 1 aliphatic heterocycles. The summed E-state index contributed by atoms with van der Waals surface area (Å²) in [6, 6.07) is 0. The largest absolute Gasteiger partial charge is 0.404 e. The van der Waals surface area contributed by atoms with Crippen molar-refractivity contribution < 1.29 is 18.0 Å². The number of hydrogen-bond acceptors (Lipinski definition) is 3. The van der Waals surface area contributed by atoms with E-state index in [2.05, 4.69) is 10.6 Å². The van der Waals surface area contributed by atoms with Gasteiger partial charge in [0.2, 0.25) is 5.91 Å². The molecule has 7 heteroatoms. The smallest absolute Gasteiger partial charge is 0.353 e. The van der Waals surface area contributed by atoms with E-state index in [0.29, 0.717) is 0 Å². The third-order valence-corrected chi connectivity index (χ3v) is 5.19. The van der Waals surface area contributed by atoms with E-state index in [-0.39, 0.29) is 31.6 Å². The van der Waals surface area contributed by atoms with Gasteiger partial charge in [0.05, 0.1) is 0 Å². The number of hydrogen-bond donors (Lipinski definition) is 2. The Bertz CT molecular complexity index is 383. The molecule has 1 heterocycles. The molecule has 0 radical (unpaired) electrons. The summed E-state index contributed by atoms with van der Waals surface area (Å²) in [5.74, 6) is -0.881. The first-order chi connectivity index (χ1) is 9.74. The van der Waals surface area contributed by atoms with Crippen LogP contribution in [-0.4, -0.2) is 56.3 Å². The molecule has 0 aromatic rings. The van der Waals surface area contributed by atoms with Crippen LogP contribution in [0.15, 0.2) is 0 Å². The Balaban J connectivity index is 2.06. The van der Waals surface area contributed by atoms with Crippen molar-refractivity contribution in [2.24, 2.45) is 5.41 Å². The number of nitrogens with zero attached hydrogens (tertiary/aromatic N) is 1. The van der Waals surface area contributed by atoms with Crippen molar-refractivity contribution in [3.8, 4) is 0 Å². The van der Waals surface area contributed by atoms with Crippen LogP contribution in [0.2, 0.25) is 0 Å². The van der Waals surface area contributed by atoms with E-state index in [1.807, 2.05) is 19.0 Å². The number of halogens is 3. The van der Waals surface area contributed by atoms with Gasteiger partial charge in [-0.15, -0.1) is 0 Å². The van der Waals surface area contributed by atoms with Crippen molar-refractivity contribution in [2.45, 2.75) is 43.8 Å². The summed E-state index contributed by atoms with van der Waals surface area (Å²) in [4.78, 5) is 14.3. The molecule has 4 nitrogen and oxygen atoms in total. The molecule has 122 valence electrons. The highest BCUT2D eigenvalue weighted by molar-refractivity contribution is 5.84. The Hall–Kier alpha value is -0.820. The van der Waals surface area contributed by atoms with E-state index in [1.54, 1.807) is 0 Å². The fourth-order valence-corrected chi connectivity index (χ4v) is 3.49. The molecule has 1 aliphatic carbocycles. The van der Waals surface area contributed by atoms with Crippen molar-refractivity contribution in [3.63, 3.8) is 0 Å². The molecular weight excluding hydrogens is 283 g/mol. The third-order valence-electron chi connectivity index (χ3n) is 5.19. The second-order valence-corrected chi connectivity index (χ2v) is 6.52. The Labute approximate surface area is 123 Å². The maximum atomic E-state index is 13.3. The van der Waals surface area contributed by atoms with Crippen LogP contribution in [-0.2, 0) is 4.79 Å². The topological polar surface area (TPSA) is 44.4 Å². The average molecular weight is 307 g/mol. The lowest BCUT2D eigenvalue weighted by Gasteiger charge is -2.38. The van der Waals surface area contributed by atoms with Crippen molar-refractivity contribution in [1.82, 2.24) is 15.5 Å². The Morgan fingerprint density at radius 3 is 2.29 bits per heavy atom. The first-order valence-electron chi connectivity index (χ1n) is 7.47. The van der Waals surface area contributed by atoms with Gasteiger partial charge in [0.25, 0.3) is 0 Å². The number of carbonyl (C=O) groups is 1. The van der Waals surface area contributed by atoms with E-state index >= 15 is 0 Å². The zero-order valence-corrected chi connectivity index (χ0v) is 12.6. The summed E-state index contributed by atoms with van der Waals surface area (Å²) in [5, 5.41) is 5.27. The van der Waals surface area contributed by atoms with Gasteiger partial charge in [-0.3, -0.25) is 4.79 Å². The minimum atomic E-state index is -4.51. The fraction of sp³-hybridized carbons (Fsp3) is 0.929. The Morgan fingerprint density at radius 2 is 1.86 bits per heavy atom. The zero-order valence-electron chi connectivity index (χ0n) is 12.6. The number of nitrogens with one attached hydrogen (secondary N) is 2. The average Bonchev–Trinajstić information content (AvgIpc) is 3.05. The third kappa shape index (κ3) is 2.90. The molecule has 2 rings (SSSR count). The van der Waals surface area contributed by atoms with Gasteiger partial charge in [-0.1, -0.05) is 12.8 Å². The van der Waals surface area contributed by atoms with Crippen LogP contribution in [0.5, 0.6) is 0 Å². The van der Waals surface area contributed by atoms with Gasteiger partial charge >= 0.3 is 6.18 Å². The predicted molar refractivity (Wildman–Crippen MR) is 73.9 cm³/mol. The molecule has 2 fully saturated rings. The lowest BCUT2D eigenvalue weighted by atomic mass is 9.84. The first kappa shape index (κ1) is 16.5. The molecule has 1 unspecified atom stereocenters. The van der Waals surface area contributed by atoms with Gasteiger partial charge in [0.15, 0.2) is 5.41 Å². The summed E-state index contributed by atoms with van der Waals surface area (Å²) < 4.78 is 39.9. The summed E-state index contributed by atoms with van der Waals surface area (Å²) in [6.45, 7) is 0.194. The molecule has 2 N–H and O–H groups in total. The van der Waals surface area contributed by atoms with Gasteiger partial charge in [0, 0.05) is 18.6 Å². The number of likely N-dealkylation sites (N-methyl/N-ethyl adjacent to an activating group) is 1. The highest BCUT2D eigenvalue weighted by atomic mass is 19.4. The van der Waals surface area contributed by atoms with Crippen LogP contribution in [0.25, 0.3) is 0 Å². The molecule has 1 saturated carbocycles. The zero-order chi connectivity index (χ0) is 15.7. The molecule has 0 bridgehead atoms. The van der Waals surface area contributed by atoms with Crippen molar-refractivity contribution in [1.29, 1.82) is 0 Å². The van der Waals surface area contributed by atoms with Crippen LogP contribution >= 0.6 is 0 Å². The second-order valence-electron chi connectivity index (χ2n) is 6.52. The van der Waals surface area contributed by atoms with Crippen LogP contribution < -0.4 is 10.6 Å². The van der Waals surface area contributed by atoms with E-state index in [1.165, 1.54) is 0 Å². The second kappa shape index (κ2) is 5.76. The lowest BCUT2D eigenvalue weighted by molar-refractivity contribution is -0.216. The number of rotatable bonds is 4. The summed E-state index contributed by atoms with van der Waals surface area (Å²) in [6.07, 6.45) is -0.756. The maximum Gasteiger partial charge on any atom is 0.404 e. The maximum absolute atomic E-state index is 13.3. The number of amides is 1. The highest BCUT2D eigenvalue weighted by Crippen LogP contribution is 2.43. The molecule has 21 heavy (non-hydrogen) atoms. The van der Waals surface area contributed by atoms with Crippen LogP contribution in [0.4, 0.5) is 13.2 Å². The van der Waals surface area contributed by atoms with Gasteiger partial charge < -0.3 is 15.5 Å². The summed E-state index contributed by atoms with van der Waals surface area (Å²) in [7, 11) is 3.85. The van der Waals surface area contributed by atoms with Crippen molar-refractivity contribution in [3.05, 3.63) is 0 Å². The van der Waals surface area contributed by atoms with Crippen molar-refractivity contribution in [2.75, 3.05) is 33.7 Å². The SMILES string of the molecule is CN(C)C1(CNC(=O)C2(C(F)(F)F)CCNC2)CCCC1. The number of carbonyl (C=O) groups excluding carboxylic acids is 1. The Kier molecular flexibility index (Phi) is 4.54. The van der Waals surface area contributed by atoms with Gasteiger partial charge in [-0.25, -0.2) is 0 Å². The quantitative estimate of drug-likeness (QED) is 0.828. The molecule has 0 aromatic carbocycles. The highest BCUT2D eigenvalue weighted by Gasteiger charge is 2.61.